The van der Waals surface area contributed by atoms with E-state index < -0.39 is 0 Å². The largest absolute Gasteiger partial charge is 0.354 e. The molecule has 9 heteroatoms. The summed E-state index contributed by atoms with van der Waals surface area (Å²) >= 11 is 0. The highest BCUT2D eigenvalue weighted by Gasteiger charge is 2.28. The Morgan fingerprint density at radius 1 is 0.833 bits per heavy atom. The molecule has 2 saturated heterocycles. The second kappa shape index (κ2) is 13.2. The Kier molecular flexibility index (Phi) is 9.22. The number of hydrogen-bond donors (Lipinski definition) is 1. The van der Waals surface area contributed by atoms with Gasteiger partial charge in [0.15, 0.2) is 0 Å². The number of likely N-dealkylation sites (tertiary alicyclic amines) is 1. The summed E-state index contributed by atoms with van der Waals surface area (Å²) in [6.45, 7) is 5.98. The second-order valence-corrected chi connectivity index (χ2v) is 10.9. The highest BCUT2D eigenvalue weighted by atomic mass is 35.5. The van der Waals surface area contributed by atoms with Gasteiger partial charge in [-0.15, -0.1) is 12.4 Å². The van der Waals surface area contributed by atoms with Crippen LogP contribution in [0.15, 0.2) is 78.9 Å². The van der Waals surface area contributed by atoms with Crippen molar-refractivity contribution in [3.8, 4) is 11.1 Å². The molecule has 0 spiro atoms. The predicted molar refractivity (Wildman–Crippen MR) is 170 cm³/mol. The quantitative estimate of drug-likeness (QED) is 0.342. The summed E-state index contributed by atoms with van der Waals surface area (Å²) in [6, 6.07) is 26.5. The number of aromatic nitrogens is 2. The number of carbonyl (C=O) groups is 2. The lowest BCUT2D eigenvalue weighted by atomic mass is 9.97. The fraction of sp³-hybridized carbons (Fsp3) is 0.333. The fourth-order valence-corrected chi connectivity index (χ4v) is 5.95. The van der Waals surface area contributed by atoms with Gasteiger partial charge in [0.05, 0.1) is 11.9 Å². The summed E-state index contributed by atoms with van der Waals surface area (Å²) in [5.74, 6) is 1.73. The van der Waals surface area contributed by atoms with E-state index in [2.05, 4.69) is 40.5 Å². The van der Waals surface area contributed by atoms with Gasteiger partial charge in [0, 0.05) is 57.6 Å². The first kappa shape index (κ1) is 29.3. The van der Waals surface area contributed by atoms with Crippen molar-refractivity contribution in [2.24, 2.45) is 0 Å². The Balaban J connectivity index is 0.00000353. The van der Waals surface area contributed by atoms with Crippen LogP contribution in [0.4, 0.5) is 11.8 Å². The average molecular weight is 585 g/mol. The van der Waals surface area contributed by atoms with Gasteiger partial charge in [-0.2, -0.15) is 4.98 Å². The van der Waals surface area contributed by atoms with Crippen LogP contribution in [0.5, 0.6) is 0 Å². The van der Waals surface area contributed by atoms with Gasteiger partial charge in [-0.3, -0.25) is 9.59 Å². The minimum absolute atomic E-state index is 0. The number of benzene rings is 3. The van der Waals surface area contributed by atoms with Crippen molar-refractivity contribution < 1.29 is 9.59 Å². The lowest BCUT2D eigenvalue weighted by Gasteiger charge is -2.24. The van der Waals surface area contributed by atoms with E-state index in [9.17, 15) is 9.59 Å². The van der Waals surface area contributed by atoms with E-state index in [-0.39, 0.29) is 30.3 Å². The molecule has 2 aliphatic rings. The number of carbonyl (C=O) groups excluding carboxylic acids is 2. The molecule has 2 amide bonds. The number of nitrogens with one attached hydrogen (secondary N) is 1. The van der Waals surface area contributed by atoms with E-state index in [1.807, 2.05) is 58.3 Å². The molecule has 0 aliphatic carbocycles. The van der Waals surface area contributed by atoms with Crippen molar-refractivity contribution >= 4 is 46.9 Å². The highest BCUT2D eigenvalue weighted by molar-refractivity contribution is 5.90. The lowest BCUT2D eigenvalue weighted by molar-refractivity contribution is -0.129. The van der Waals surface area contributed by atoms with Crippen LogP contribution in [0, 0.1) is 0 Å². The minimum atomic E-state index is 0. The molecule has 3 heterocycles. The van der Waals surface area contributed by atoms with Gasteiger partial charge in [-0.1, -0.05) is 66.7 Å². The first-order valence-electron chi connectivity index (χ1n) is 14.5. The number of fused-ring (bicyclic) bond motifs is 1. The lowest BCUT2D eigenvalue weighted by Crippen LogP contribution is -2.34. The molecule has 4 aromatic rings. The topological polar surface area (TPSA) is 81.7 Å². The summed E-state index contributed by atoms with van der Waals surface area (Å²) in [6.07, 6.45) is 2.11. The third-order valence-electron chi connectivity index (χ3n) is 8.14. The van der Waals surface area contributed by atoms with Crippen LogP contribution in [0.3, 0.4) is 0 Å². The first-order valence-corrected chi connectivity index (χ1v) is 14.5. The molecule has 42 heavy (non-hydrogen) atoms. The number of amides is 2. The number of para-hydroxylation sites is 1. The highest BCUT2D eigenvalue weighted by Crippen LogP contribution is 2.28. The molecule has 2 aliphatic heterocycles. The van der Waals surface area contributed by atoms with Crippen molar-refractivity contribution in [3.63, 3.8) is 0 Å². The molecule has 6 rings (SSSR count). The third-order valence-corrected chi connectivity index (χ3v) is 8.14. The van der Waals surface area contributed by atoms with E-state index in [0.717, 1.165) is 65.9 Å². The minimum Gasteiger partial charge on any atom is -0.354 e. The van der Waals surface area contributed by atoms with Crippen LogP contribution in [0.1, 0.15) is 25.3 Å². The van der Waals surface area contributed by atoms with Crippen LogP contribution in [0.25, 0.3) is 22.0 Å². The van der Waals surface area contributed by atoms with E-state index in [1.165, 1.54) is 0 Å². The maximum Gasteiger partial charge on any atom is 0.227 e. The van der Waals surface area contributed by atoms with Crippen LogP contribution in [0.2, 0.25) is 0 Å². The van der Waals surface area contributed by atoms with Crippen molar-refractivity contribution in [1.29, 1.82) is 0 Å². The molecule has 3 aromatic carbocycles. The number of rotatable bonds is 6. The molecule has 0 saturated carbocycles. The Labute approximate surface area is 253 Å². The van der Waals surface area contributed by atoms with Gasteiger partial charge in [0.25, 0.3) is 0 Å². The van der Waals surface area contributed by atoms with Gasteiger partial charge in [-0.05, 0) is 41.7 Å². The van der Waals surface area contributed by atoms with Crippen LogP contribution >= 0.6 is 12.4 Å². The Morgan fingerprint density at radius 2 is 1.60 bits per heavy atom. The second-order valence-electron chi connectivity index (χ2n) is 10.9. The summed E-state index contributed by atoms with van der Waals surface area (Å²) in [4.78, 5) is 41.3. The maximum absolute atomic E-state index is 13.4. The molecule has 218 valence electrons. The molecule has 2 fully saturated rings. The Hall–Kier alpha value is -4.17. The van der Waals surface area contributed by atoms with E-state index in [4.69, 9.17) is 9.97 Å². The first-order chi connectivity index (χ1) is 20.0. The van der Waals surface area contributed by atoms with Gasteiger partial charge in [0.1, 0.15) is 5.82 Å². The predicted octanol–water partition coefficient (Wildman–Crippen LogP) is 5.03. The molecular weight excluding hydrogens is 548 g/mol. The number of anilines is 2. The molecule has 1 aromatic heterocycles. The van der Waals surface area contributed by atoms with Crippen molar-refractivity contribution in [3.05, 3.63) is 84.4 Å². The maximum atomic E-state index is 13.4. The summed E-state index contributed by atoms with van der Waals surface area (Å²) in [7, 11) is 0. The van der Waals surface area contributed by atoms with Gasteiger partial charge in [-0.25, -0.2) is 4.98 Å². The van der Waals surface area contributed by atoms with Gasteiger partial charge >= 0.3 is 0 Å². The van der Waals surface area contributed by atoms with Crippen molar-refractivity contribution in [2.75, 3.05) is 49.5 Å². The molecule has 1 N–H and O–H groups in total. The molecule has 0 unspecified atom stereocenters. The van der Waals surface area contributed by atoms with Crippen molar-refractivity contribution in [1.82, 2.24) is 19.8 Å². The molecular formula is C33H37ClN6O2. The summed E-state index contributed by atoms with van der Waals surface area (Å²) < 4.78 is 0. The molecule has 0 radical (unpaired) electrons. The normalized spacial score (nSPS) is 17.1. The zero-order valence-corrected chi connectivity index (χ0v) is 24.7. The zero-order chi connectivity index (χ0) is 28.2. The number of nitrogens with zero attached hydrogens (tertiary/aromatic N) is 5. The summed E-state index contributed by atoms with van der Waals surface area (Å²) in [5.41, 5.74) is 4.16. The smallest absolute Gasteiger partial charge is 0.227 e. The van der Waals surface area contributed by atoms with Gasteiger partial charge in [0.2, 0.25) is 17.8 Å². The zero-order valence-electron chi connectivity index (χ0n) is 23.9. The third kappa shape index (κ3) is 6.49. The van der Waals surface area contributed by atoms with Gasteiger partial charge < -0.3 is 20.0 Å². The van der Waals surface area contributed by atoms with E-state index in [1.54, 1.807) is 6.92 Å². The Bertz CT molecular complexity index is 1550. The molecule has 0 bridgehead atoms. The van der Waals surface area contributed by atoms with Crippen LogP contribution < -0.4 is 10.2 Å². The van der Waals surface area contributed by atoms with E-state index >= 15 is 0 Å². The van der Waals surface area contributed by atoms with Crippen LogP contribution in [-0.4, -0.2) is 76.9 Å². The average Bonchev–Trinajstić information content (AvgIpc) is 3.32. The monoisotopic (exact) mass is 584 g/mol. The van der Waals surface area contributed by atoms with Crippen molar-refractivity contribution in [2.45, 2.75) is 32.2 Å². The summed E-state index contributed by atoms with van der Waals surface area (Å²) in [5, 5.41) is 4.54. The molecule has 8 nitrogen and oxygen atoms in total. The molecule has 1 atom stereocenters. The standard InChI is InChI=1S/C33H36N6O2.ClH/c1-24(40)37-17-9-18-38(21-20-37)32-29-14-7-8-15-30(29)35-33(36-32)34-27-16-19-39(23-27)31(41)22-26-12-5-6-13-28(26)25-10-3-2-4-11-25;/h2-8,10-15,27H,9,16-23H2,1H3,(H,34,35,36);1H/t27-;/m0./s1. The SMILES string of the molecule is CC(=O)N1CCCN(c2nc(N[C@H]3CCN(C(=O)Cc4ccccc4-c4ccccc4)C3)nc3ccccc23)CC1.Cl. The van der Waals surface area contributed by atoms with Crippen LogP contribution in [-0.2, 0) is 16.0 Å². The Morgan fingerprint density at radius 3 is 2.43 bits per heavy atom. The number of halogens is 1. The van der Waals surface area contributed by atoms with E-state index in [0.29, 0.717) is 32.0 Å². The number of hydrogen-bond acceptors (Lipinski definition) is 6. The fourth-order valence-electron chi connectivity index (χ4n) is 5.95.